The molecule has 1 saturated heterocycles. The number of nitrogens with zero attached hydrogens (tertiary/aromatic N) is 2. The van der Waals surface area contributed by atoms with E-state index in [1.165, 1.54) is 11.1 Å². The summed E-state index contributed by atoms with van der Waals surface area (Å²) in [5.41, 5.74) is 9.30. The number of carbonyl (C=O) groups excluding carboxylic acids is 1. The van der Waals surface area contributed by atoms with E-state index in [1.807, 2.05) is 24.3 Å². The van der Waals surface area contributed by atoms with E-state index in [1.54, 1.807) is 19.2 Å². The van der Waals surface area contributed by atoms with Gasteiger partial charge in [0.05, 0.1) is 13.2 Å². The summed E-state index contributed by atoms with van der Waals surface area (Å²) in [5, 5.41) is 3.38. The number of primary amides is 1. The van der Waals surface area contributed by atoms with Crippen molar-refractivity contribution in [3.63, 3.8) is 0 Å². The number of carbonyl (C=O) groups is 1. The normalized spacial score (nSPS) is 17.6. The topological polar surface area (TPSA) is 79.9 Å². The van der Waals surface area contributed by atoms with Crippen LogP contribution in [0.2, 0.25) is 0 Å². The molecule has 1 fully saturated rings. The molecule has 6 nitrogen and oxygen atoms in total. The second-order valence-corrected chi connectivity index (χ2v) is 6.63. The van der Waals surface area contributed by atoms with Gasteiger partial charge in [-0.05, 0) is 35.7 Å². The molecule has 0 bridgehead atoms. The number of benzene rings is 2. The van der Waals surface area contributed by atoms with Gasteiger partial charge in [-0.1, -0.05) is 36.4 Å². The Bertz CT molecular complexity index is 834. The average molecular weight is 366 g/mol. The second kappa shape index (κ2) is 8.68. The molecule has 3 rings (SSSR count). The van der Waals surface area contributed by atoms with Crippen LogP contribution in [0.15, 0.2) is 53.5 Å². The summed E-state index contributed by atoms with van der Waals surface area (Å²) in [5.74, 6) is 0.400. The van der Waals surface area contributed by atoms with E-state index in [9.17, 15) is 4.79 Å². The van der Waals surface area contributed by atoms with Crippen LogP contribution in [-0.2, 0) is 11.3 Å². The molecule has 0 saturated carbocycles. The smallest absolute Gasteiger partial charge is 0.248 e. The molecule has 1 aliphatic heterocycles. The van der Waals surface area contributed by atoms with E-state index in [0.29, 0.717) is 18.7 Å². The molecule has 0 aromatic heterocycles. The van der Waals surface area contributed by atoms with Gasteiger partial charge in [0.2, 0.25) is 5.91 Å². The zero-order chi connectivity index (χ0) is 19.2. The summed E-state index contributed by atoms with van der Waals surface area (Å²) >= 11 is 0. The van der Waals surface area contributed by atoms with E-state index in [0.717, 1.165) is 24.6 Å². The molecule has 2 aromatic carbocycles. The van der Waals surface area contributed by atoms with Crippen LogP contribution in [0.3, 0.4) is 0 Å². The Morgan fingerprint density at radius 3 is 2.85 bits per heavy atom. The average Bonchev–Trinajstić information content (AvgIpc) is 2.69. The van der Waals surface area contributed by atoms with Crippen LogP contribution in [-0.4, -0.2) is 43.5 Å². The number of amides is 1. The Labute approximate surface area is 160 Å². The first-order valence-electron chi connectivity index (χ1n) is 9.10. The SMILES string of the molecule is CN=C(NCc1cccc(C(N)=O)c1)N1CCOC(c2ccccc2C)C1. The highest BCUT2D eigenvalue weighted by Gasteiger charge is 2.25. The molecule has 1 heterocycles. The number of hydrogen-bond donors (Lipinski definition) is 2. The summed E-state index contributed by atoms with van der Waals surface area (Å²) in [6, 6.07) is 15.6. The van der Waals surface area contributed by atoms with Gasteiger partial charge in [0.25, 0.3) is 0 Å². The maximum Gasteiger partial charge on any atom is 0.248 e. The molecule has 1 unspecified atom stereocenters. The van der Waals surface area contributed by atoms with Gasteiger partial charge in [-0.15, -0.1) is 0 Å². The predicted octanol–water partition coefficient (Wildman–Crippen LogP) is 2.24. The molecule has 142 valence electrons. The first-order chi connectivity index (χ1) is 13.1. The maximum absolute atomic E-state index is 11.3. The van der Waals surface area contributed by atoms with Gasteiger partial charge in [0, 0.05) is 25.7 Å². The van der Waals surface area contributed by atoms with E-state index in [2.05, 4.69) is 34.3 Å². The molecule has 6 heteroatoms. The lowest BCUT2D eigenvalue weighted by Gasteiger charge is -2.35. The highest BCUT2D eigenvalue weighted by Crippen LogP contribution is 2.25. The summed E-state index contributed by atoms with van der Waals surface area (Å²) in [7, 11) is 1.78. The molecule has 3 N–H and O–H groups in total. The molecular formula is C21H26N4O2. The van der Waals surface area contributed by atoms with Gasteiger partial charge >= 0.3 is 0 Å². The standard InChI is InChI=1S/C21H26N4O2/c1-15-6-3-4-9-18(15)19-14-25(10-11-27-19)21(23-2)24-13-16-7-5-8-17(12-16)20(22)26/h3-9,12,19H,10-11,13-14H2,1-2H3,(H2,22,26)(H,23,24). The minimum absolute atomic E-state index is 0.0247. The first-order valence-corrected chi connectivity index (χ1v) is 9.10. The number of nitrogens with one attached hydrogen (secondary N) is 1. The maximum atomic E-state index is 11.3. The Hall–Kier alpha value is -2.86. The molecule has 2 aromatic rings. The molecule has 0 spiro atoms. The van der Waals surface area contributed by atoms with Crippen molar-refractivity contribution in [3.05, 3.63) is 70.8 Å². The van der Waals surface area contributed by atoms with E-state index in [-0.39, 0.29) is 6.10 Å². The number of rotatable bonds is 4. The number of morpholine rings is 1. The number of nitrogens with two attached hydrogens (primary N) is 1. The van der Waals surface area contributed by atoms with Crippen molar-refractivity contribution in [1.82, 2.24) is 10.2 Å². The number of guanidine groups is 1. The highest BCUT2D eigenvalue weighted by molar-refractivity contribution is 5.92. The van der Waals surface area contributed by atoms with Crippen LogP contribution in [0.5, 0.6) is 0 Å². The van der Waals surface area contributed by atoms with Crippen LogP contribution in [0.1, 0.15) is 33.2 Å². The van der Waals surface area contributed by atoms with Crippen molar-refractivity contribution < 1.29 is 9.53 Å². The number of ether oxygens (including phenoxy) is 1. The summed E-state index contributed by atoms with van der Waals surface area (Å²) < 4.78 is 6.00. The molecule has 1 aliphatic rings. The van der Waals surface area contributed by atoms with Crippen LogP contribution in [0.25, 0.3) is 0 Å². The number of aryl methyl sites for hydroxylation is 1. The van der Waals surface area contributed by atoms with Gasteiger partial charge in [-0.25, -0.2) is 0 Å². The number of hydrogen-bond acceptors (Lipinski definition) is 3. The fraction of sp³-hybridized carbons (Fsp3) is 0.333. The van der Waals surface area contributed by atoms with Crippen molar-refractivity contribution in [2.45, 2.75) is 19.6 Å². The number of aliphatic imine (C=N–C) groups is 1. The lowest BCUT2D eigenvalue weighted by atomic mass is 10.0. The van der Waals surface area contributed by atoms with Crippen molar-refractivity contribution in [2.75, 3.05) is 26.7 Å². The summed E-state index contributed by atoms with van der Waals surface area (Å²) in [6.07, 6.45) is 0.0247. The van der Waals surface area contributed by atoms with Crippen LogP contribution < -0.4 is 11.1 Å². The van der Waals surface area contributed by atoms with E-state index >= 15 is 0 Å². The van der Waals surface area contributed by atoms with Crippen LogP contribution >= 0.6 is 0 Å². The molecule has 1 amide bonds. The largest absolute Gasteiger partial charge is 0.370 e. The fourth-order valence-corrected chi connectivity index (χ4v) is 3.33. The molecule has 1 atom stereocenters. The van der Waals surface area contributed by atoms with E-state index < -0.39 is 5.91 Å². The van der Waals surface area contributed by atoms with Crippen molar-refractivity contribution in [1.29, 1.82) is 0 Å². The second-order valence-electron chi connectivity index (χ2n) is 6.63. The minimum Gasteiger partial charge on any atom is -0.370 e. The first kappa shape index (κ1) is 18.9. The minimum atomic E-state index is -0.421. The Morgan fingerprint density at radius 2 is 2.11 bits per heavy atom. The van der Waals surface area contributed by atoms with Crippen molar-refractivity contribution in [2.24, 2.45) is 10.7 Å². The van der Waals surface area contributed by atoms with Gasteiger partial charge < -0.3 is 20.7 Å². The molecular weight excluding hydrogens is 340 g/mol. The molecule has 0 aliphatic carbocycles. The predicted molar refractivity (Wildman–Crippen MR) is 107 cm³/mol. The Balaban J connectivity index is 1.66. The van der Waals surface area contributed by atoms with Gasteiger partial charge in [0.15, 0.2) is 5.96 Å². The van der Waals surface area contributed by atoms with Crippen molar-refractivity contribution >= 4 is 11.9 Å². The third kappa shape index (κ3) is 4.65. The lowest BCUT2D eigenvalue weighted by molar-refractivity contribution is -0.00834. The van der Waals surface area contributed by atoms with Crippen LogP contribution in [0, 0.1) is 6.92 Å². The lowest BCUT2D eigenvalue weighted by Crippen LogP contribution is -2.48. The fourth-order valence-electron chi connectivity index (χ4n) is 3.33. The zero-order valence-electron chi connectivity index (χ0n) is 15.8. The molecule has 27 heavy (non-hydrogen) atoms. The van der Waals surface area contributed by atoms with Gasteiger partial charge in [-0.3, -0.25) is 9.79 Å². The third-order valence-corrected chi connectivity index (χ3v) is 4.78. The quantitative estimate of drug-likeness (QED) is 0.642. The Morgan fingerprint density at radius 1 is 1.30 bits per heavy atom. The summed E-state index contributed by atoms with van der Waals surface area (Å²) in [6.45, 7) is 4.85. The van der Waals surface area contributed by atoms with Crippen LogP contribution in [0.4, 0.5) is 0 Å². The van der Waals surface area contributed by atoms with Gasteiger partial charge in [0.1, 0.15) is 6.10 Å². The Kier molecular flexibility index (Phi) is 6.08. The highest BCUT2D eigenvalue weighted by atomic mass is 16.5. The van der Waals surface area contributed by atoms with Gasteiger partial charge in [-0.2, -0.15) is 0 Å². The zero-order valence-corrected chi connectivity index (χ0v) is 15.8. The monoisotopic (exact) mass is 366 g/mol. The van der Waals surface area contributed by atoms with Crippen molar-refractivity contribution in [3.8, 4) is 0 Å². The summed E-state index contributed by atoms with van der Waals surface area (Å²) in [4.78, 5) is 18.0. The van der Waals surface area contributed by atoms with E-state index in [4.69, 9.17) is 10.5 Å². The molecule has 0 radical (unpaired) electrons. The third-order valence-electron chi connectivity index (χ3n) is 4.78.